The number of benzene rings is 2. The second-order valence-corrected chi connectivity index (χ2v) is 5.77. The van der Waals surface area contributed by atoms with Crippen molar-refractivity contribution in [2.45, 2.75) is 6.54 Å². The first-order chi connectivity index (χ1) is 13.2. The van der Waals surface area contributed by atoms with Gasteiger partial charge < -0.3 is 10.1 Å². The maximum atomic E-state index is 12.4. The van der Waals surface area contributed by atoms with Gasteiger partial charge in [-0.25, -0.2) is 0 Å². The quantitative estimate of drug-likeness (QED) is 0.522. The Labute approximate surface area is 157 Å². The van der Waals surface area contributed by atoms with Crippen LogP contribution in [0.4, 0.5) is 0 Å². The molecule has 134 valence electrons. The van der Waals surface area contributed by atoms with Crippen molar-refractivity contribution in [3.05, 3.63) is 77.5 Å². The van der Waals surface area contributed by atoms with Crippen molar-refractivity contribution < 1.29 is 9.53 Å². The average Bonchev–Trinajstić information content (AvgIpc) is 3.19. The fourth-order valence-corrected chi connectivity index (χ4v) is 2.57. The number of H-pyrrole nitrogens is 1. The van der Waals surface area contributed by atoms with E-state index in [1.165, 1.54) is 6.08 Å². The lowest BCUT2D eigenvalue weighted by Gasteiger charge is -2.05. The number of nitrogens with one attached hydrogen (secondary N) is 2. The van der Waals surface area contributed by atoms with Gasteiger partial charge in [-0.1, -0.05) is 30.3 Å². The van der Waals surface area contributed by atoms with Crippen LogP contribution in [-0.2, 0) is 11.3 Å². The van der Waals surface area contributed by atoms with Crippen molar-refractivity contribution in [3.63, 3.8) is 0 Å². The van der Waals surface area contributed by atoms with Crippen molar-refractivity contribution >= 4 is 12.0 Å². The van der Waals surface area contributed by atoms with Gasteiger partial charge in [0.25, 0.3) is 5.91 Å². The van der Waals surface area contributed by atoms with Crippen LogP contribution in [0.15, 0.2) is 66.4 Å². The molecule has 0 aliphatic heterocycles. The minimum absolute atomic E-state index is 0.0158. The highest BCUT2D eigenvalue weighted by molar-refractivity contribution is 6.02. The van der Waals surface area contributed by atoms with Crippen molar-refractivity contribution in [1.82, 2.24) is 15.5 Å². The standard InChI is InChI=1S/C21H18N4O2/c1-27-19-9-7-16(8-10-19)20-18(14-24-25-20)11-17(12-22)21(26)23-13-15-5-3-2-4-6-15/h2-11,14H,13H2,1H3,(H,23,26)(H,24,25)/b17-11+. The molecule has 3 aromatic rings. The van der Waals surface area contributed by atoms with Gasteiger partial charge in [-0.15, -0.1) is 0 Å². The van der Waals surface area contributed by atoms with Crippen LogP contribution in [0.2, 0.25) is 0 Å². The molecule has 0 fully saturated rings. The molecule has 2 aromatic carbocycles. The molecule has 0 radical (unpaired) electrons. The number of hydrogen-bond acceptors (Lipinski definition) is 4. The van der Waals surface area contributed by atoms with Crippen LogP contribution in [0.3, 0.4) is 0 Å². The number of methoxy groups -OCH3 is 1. The minimum atomic E-state index is -0.428. The Kier molecular flexibility index (Phi) is 5.65. The van der Waals surface area contributed by atoms with E-state index >= 15 is 0 Å². The zero-order chi connectivity index (χ0) is 19.1. The number of amides is 1. The number of rotatable bonds is 6. The molecule has 0 aliphatic carbocycles. The highest BCUT2D eigenvalue weighted by atomic mass is 16.5. The van der Waals surface area contributed by atoms with Gasteiger partial charge in [0.15, 0.2) is 0 Å². The zero-order valence-electron chi connectivity index (χ0n) is 14.8. The molecule has 0 saturated carbocycles. The van der Waals surface area contributed by atoms with E-state index in [-0.39, 0.29) is 5.57 Å². The van der Waals surface area contributed by atoms with E-state index in [1.807, 2.05) is 60.7 Å². The molecule has 2 N–H and O–H groups in total. The summed E-state index contributed by atoms with van der Waals surface area (Å²) < 4.78 is 5.16. The Morgan fingerprint density at radius 2 is 1.96 bits per heavy atom. The number of aromatic nitrogens is 2. The highest BCUT2D eigenvalue weighted by Gasteiger charge is 2.12. The monoisotopic (exact) mass is 358 g/mol. The van der Waals surface area contributed by atoms with Gasteiger partial charge in [0.2, 0.25) is 0 Å². The van der Waals surface area contributed by atoms with Crippen LogP contribution in [0.1, 0.15) is 11.1 Å². The summed E-state index contributed by atoms with van der Waals surface area (Å²) in [6.45, 7) is 0.357. The molecule has 0 saturated heterocycles. The average molecular weight is 358 g/mol. The van der Waals surface area contributed by atoms with Crippen LogP contribution in [0, 0.1) is 11.3 Å². The van der Waals surface area contributed by atoms with E-state index in [0.717, 1.165) is 22.6 Å². The third kappa shape index (κ3) is 4.41. The molecule has 6 heteroatoms. The normalized spacial score (nSPS) is 10.9. The maximum Gasteiger partial charge on any atom is 0.262 e. The van der Waals surface area contributed by atoms with Crippen molar-refractivity contribution in [3.8, 4) is 23.1 Å². The van der Waals surface area contributed by atoms with Gasteiger partial charge in [-0.3, -0.25) is 9.89 Å². The molecule has 0 spiro atoms. The summed E-state index contributed by atoms with van der Waals surface area (Å²) in [6.07, 6.45) is 3.12. The van der Waals surface area contributed by atoms with E-state index in [4.69, 9.17) is 4.74 Å². The Morgan fingerprint density at radius 3 is 2.63 bits per heavy atom. The van der Waals surface area contributed by atoms with E-state index in [2.05, 4.69) is 15.5 Å². The molecule has 1 aromatic heterocycles. The van der Waals surface area contributed by atoms with Crippen molar-refractivity contribution in [2.75, 3.05) is 7.11 Å². The Hall–Kier alpha value is -3.85. The maximum absolute atomic E-state index is 12.4. The zero-order valence-corrected chi connectivity index (χ0v) is 14.8. The van der Waals surface area contributed by atoms with Crippen LogP contribution in [0.25, 0.3) is 17.3 Å². The first-order valence-electron chi connectivity index (χ1n) is 8.33. The SMILES string of the molecule is COc1ccc(-c2[nH]ncc2/C=C(\C#N)C(=O)NCc2ccccc2)cc1. The molecular formula is C21H18N4O2. The Balaban J connectivity index is 1.78. The van der Waals surface area contributed by atoms with Gasteiger partial charge in [0, 0.05) is 17.7 Å². The number of carbonyl (C=O) groups is 1. The smallest absolute Gasteiger partial charge is 0.262 e. The molecule has 1 heterocycles. The summed E-state index contributed by atoms with van der Waals surface area (Å²) in [5.41, 5.74) is 3.24. The van der Waals surface area contributed by atoms with E-state index in [1.54, 1.807) is 13.3 Å². The number of nitriles is 1. The molecular weight excluding hydrogens is 340 g/mol. The lowest BCUT2D eigenvalue weighted by molar-refractivity contribution is -0.117. The number of hydrogen-bond donors (Lipinski definition) is 2. The summed E-state index contributed by atoms with van der Waals surface area (Å²) in [4.78, 5) is 12.4. The van der Waals surface area contributed by atoms with E-state index in [0.29, 0.717) is 12.1 Å². The summed E-state index contributed by atoms with van der Waals surface area (Å²) in [7, 11) is 1.60. The number of aromatic amines is 1. The van der Waals surface area contributed by atoms with Crippen LogP contribution < -0.4 is 10.1 Å². The van der Waals surface area contributed by atoms with Gasteiger partial charge in [0.05, 0.1) is 19.0 Å². The first kappa shape index (κ1) is 18.0. The lowest BCUT2D eigenvalue weighted by atomic mass is 10.1. The molecule has 0 atom stereocenters. The molecule has 0 bridgehead atoms. The van der Waals surface area contributed by atoms with Crippen LogP contribution in [-0.4, -0.2) is 23.2 Å². The molecule has 0 aliphatic rings. The fraction of sp³-hybridized carbons (Fsp3) is 0.0952. The number of nitrogens with zero attached hydrogens (tertiary/aromatic N) is 2. The van der Waals surface area contributed by atoms with Crippen molar-refractivity contribution in [1.29, 1.82) is 5.26 Å². The second kappa shape index (κ2) is 8.50. The van der Waals surface area contributed by atoms with Gasteiger partial charge >= 0.3 is 0 Å². The minimum Gasteiger partial charge on any atom is -0.497 e. The van der Waals surface area contributed by atoms with Crippen LogP contribution >= 0.6 is 0 Å². The molecule has 6 nitrogen and oxygen atoms in total. The molecule has 3 rings (SSSR count). The first-order valence-corrected chi connectivity index (χ1v) is 8.33. The van der Waals surface area contributed by atoms with Crippen molar-refractivity contribution in [2.24, 2.45) is 0 Å². The predicted octanol–water partition coefficient (Wildman–Crippen LogP) is 3.31. The van der Waals surface area contributed by atoms with E-state index in [9.17, 15) is 10.1 Å². The van der Waals surface area contributed by atoms with Gasteiger partial charge in [-0.2, -0.15) is 10.4 Å². The fourth-order valence-electron chi connectivity index (χ4n) is 2.57. The predicted molar refractivity (Wildman–Crippen MR) is 102 cm³/mol. The van der Waals surface area contributed by atoms with E-state index < -0.39 is 5.91 Å². The third-order valence-corrected chi connectivity index (χ3v) is 4.01. The van der Waals surface area contributed by atoms with Crippen LogP contribution in [0.5, 0.6) is 5.75 Å². The summed E-state index contributed by atoms with van der Waals surface area (Å²) in [5, 5.41) is 19.1. The number of carbonyl (C=O) groups excluding carboxylic acids is 1. The second-order valence-electron chi connectivity index (χ2n) is 5.77. The Morgan fingerprint density at radius 1 is 1.22 bits per heavy atom. The van der Waals surface area contributed by atoms with Gasteiger partial charge in [0.1, 0.15) is 17.4 Å². The highest BCUT2D eigenvalue weighted by Crippen LogP contribution is 2.25. The number of ether oxygens (including phenoxy) is 1. The molecule has 27 heavy (non-hydrogen) atoms. The lowest BCUT2D eigenvalue weighted by Crippen LogP contribution is -2.23. The Bertz CT molecular complexity index is 983. The molecule has 0 unspecified atom stereocenters. The summed E-state index contributed by atoms with van der Waals surface area (Å²) >= 11 is 0. The largest absolute Gasteiger partial charge is 0.497 e. The summed E-state index contributed by atoms with van der Waals surface area (Å²) in [6, 6.07) is 18.9. The third-order valence-electron chi connectivity index (χ3n) is 4.01. The topological polar surface area (TPSA) is 90.8 Å². The van der Waals surface area contributed by atoms with Gasteiger partial charge in [-0.05, 0) is 35.9 Å². The summed E-state index contributed by atoms with van der Waals surface area (Å²) in [5.74, 6) is 0.316. The molecule has 1 amide bonds.